The Bertz CT molecular complexity index is 1050. The van der Waals surface area contributed by atoms with Crippen molar-refractivity contribution in [1.82, 2.24) is 9.78 Å². The van der Waals surface area contributed by atoms with Gasteiger partial charge in [-0.1, -0.05) is 23.2 Å². The summed E-state index contributed by atoms with van der Waals surface area (Å²) in [6, 6.07) is 2.94. The fourth-order valence-electron chi connectivity index (χ4n) is 2.32. The average molecular weight is 440 g/mol. The minimum atomic E-state index is -4.68. The molecule has 144 valence electrons. The zero-order valence-electron chi connectivity index (χ0n) is 13.2. The molecule has 0 bridgehead atoms. The first kappa shape index (κ1) is 19.6. The molecule has 3 rings (SSSR count). The number of nitrogens with zero attached hydrogens (tertiary/aromatic N) is 3. The van der Waals surface area contributed by atoms with Crippen molar-refractivity contribution in [2.24, 2.45) is 0 Å². The Morgan fingerprint density at radius 1 is 1.30 bits per heavy atom. The van der Waals surface area contributed by atoms with Gasteiger partial charge in [0.05, 0.1) is 20.9 Å². The predicted molar refractivity (Wildman–Crippen MR) is 93.3 cm³/mol. The summed E-state index contributed by atoms with van der Waals surface area (Å²) in [6.45, 7) is 0. The summed E-state index contributed by atoms with van der Waals surface area (Å²) in [7, 11) is -3.76. The second-order valence-corrected chi connectivity index (χ2v) is 8.54. The number of nitrogens with one attached hydrogen (secondary N) is 1. The highest BCUT2D eigenvalue weighted by atomic mass is 35.5. The highest BCUT2D eigenvalue weighted by Crippen LogP contribution is 2.40. The SMILES string of the molecule is N#Cc1nn(-c2c(Cl)cc(C(F)(F)F)cc2Cl)c(N)c1NS(=O)(=O)C1CC1. The summed E-state index contributed by atoms with van der Waals surface area (Å²) in [5.41, 5.74) is 3.94. The summed E-state index contributed by atoms with van der Waals surface area (Å²) in [5, 5.41) is 11.6. The van der Waals surface area contributed by atoms with Gasteiger partial charge >= 0.3 is 6.18 Å². The van der Waals surface area contributed by atoms with Crippen molar-refractivity contribution in [3.63, 3.8) is 0 Å². The van der Waals surface area contributed by atoms with E-state index in [0.29, 0.717) is 25.0 Å². The number of nitriles is 1. The molecule has 0 unspecified atom stereocenters. The van der Waals surface area contributed by atoms with E-state index in [1.165, 1.54) is 0 Å². The van der Waals surface area contributed by atoms with Crippen LogP contribution in [0, 0.1) is 11.3 Å². The number of alkyl halides is 3. The van der Waals surface area contributed by atoms with Gasteiger partial charge in [0.2, 0.25) is 10.0 Å². The van der Waals surface area contributed by atoms with Gasteiger partial charge in [-0.2, -0.15) is 23.5 Å². The normalized spacial score (nSPS) is 14.8. The molecule has 1 aliphatic rings. The fourth-order valence-corrected chi connectivity index (χ4v) is 4.37. The van der Waals surface area contributed by atoms with Crippen LogP contribution in [-0.2, 0) is 16.2 Å². The van der Waals surface area contributed by atoms with Gasteiger partial charge in [0.1, 0.15) is 17.4 Å². The molecule has 13 heteroatoms. The third-order valence-corrected chi connectivity index (χ3v) is 6.20. The zero-order valence-corrected chi connectivity index (χ0v) is 15.5. The van der Waals surface area contributed by atoms with E-state index in [1.807, 2.05) is 0 Å². The third kappa shape index (κ3) is 3.65. The quantitative estimate of drug-likeness (QED) is 0.755. The zero-order chi connectivity index (χ0) is 20.1. The molecule has 0 aliphatic heterocycles. The lowest BCUT2D eigenvalue weighted by Gasteiger charge is -2.13. The van der Waals surface area contributed by atoms with E-state index in [4.69, 9.17) is 28.9 Å². The predicted octanol–water partition coefficient (Wildman–Crippen LogP) is 3.56. The lowest BCUT2D eigenvalue weighted by molar-refractivity contribution is -0.137. The van der Waals surface area contributed by atoms with E-state index in [1.54, 1.807) is 6.07 Å². The minimum absolute atomic E-state index is 0.211. The highest BCUT2D eigenvalue weighted by molar-refractivity contribution is 7.93. The van der Waals surface area contributed by atoms with Crippen molar-refractivity contribution in [1.29, 1.82) is 5.26 Å². The molecule has 3 N–H and O–H groups in total. The number of nitrogens with two attached hydrogens (primary N) is 1. The van der Waals surface area contributed by atoms with Gasteiger partial charge in [-0.15, -0.1) is 0 Å². The van der Waals surface area contributed by atoms with Crippen LogP contribution in [0.2, 0.25) is 10.0 Å². The Kier molecular flexibility index (Phi) is 4.70. The summed E-state index contributed by atoms with van der Waals surface area (Å²) in [6.07, 6.45) is -3.73. The third-order valence-electron chi connectivity index (χ3n) is 3.79. The molecule has 1 saturated carbocycles. The Hall–Kier alpha value is -2.16. The topological polar surface area (TPSA) is 114 Å². The largest absolute Gasteiger partial charge is 0.416 e. The van der Waals surface area contributed by atoms with Crippen molar-refractivity contribution in [3.05, 3.63) is 33.4 Å². The number of aromatic nitrogens is 2. The van der Waals surface area contributed by atoms with Crippen LogP contribution < -0.4 is 10.5 Å². The number of hydrogen-bond donors (Lipinski definition) is 2. The standard InChI is InChI=1S/C14H10Cl2F3N5O2S/c15-8-3-6(14(17,18)19)4-9(16)12(8)24-13(21)11(10(5-20)22-24)23-27(25,26)7-1-2-7/h3-4,7,23H,1-2,21H2. The van der Waals surface area contributed by atoms with Gasteiger partial charge < -0.3 is 5.73 Å². The van der Waals surface area contributed by atoms with Gasteiger partial charge in [0.15, 0.2) is 11.5 Å². The number of sulfonamides is 1. The highest BCUT2D eigenvalue weighted by Gasteiger charge is 2.37. The maximum Gasteiger partial charge on any atom is 0.416 e. The number of rotatable bonds is 4. The molecular weight excluding hydrogens is 430 g/mol. The lowest BCUT2D eigenvalue weighted by Crippen LogP contribution is -2.18. The van der Waals surface area contributed by atoms with E-state index in [0.717, 1.165) is 4.68 Å². The van der Waals surface area contributed by atoms with Gasteiger partial charge in [0, 0.05) is 0 Å². The lowest BCUT2D eigenvalue weighted by atomic mass is 10.2. The number of anilines is 2. The molecule has 2 aromatic rings. The first-order chi connectivity index (χ1) is 12.5. The number of hydrogen-bond acceptors (Lipinski definition) is 5. The molecule has 1 heterocycles. The Labute approximate surface area is 161 Å². The van der Waals surface area contributed by atoms with Crippen molar-refractivity contribution >= 4 is 44.7 Å². The van der Waals surface area contributed by atoms with Crippen molar-refractivity contribution < 1.29 is 21.6 Å². The van der Waals surface area contributed by atoms with E-state index in [-0.39, 0.29) is 22.9 Å². The van der Waals surface area contributed by atoms with E-state index < -0.39 is 37.1 Å². The number of halogens is 5. The van der Waals surface area contributed by atoms with E-state index >= 15 is 0 Å². The van der Waals surface area contributed by atoms with Gasteiger partial charge in [-0.3, -0.25) is 4.72 Å². The summed E-state index contributed by atoms with van der Waals surface area (Å²) in [4.78, 5) is 0. The van der Waals surface area contributed by atoms with Crippen molar-refractivity contribution in [2.45, 2.75) is 24.3 Å². The van der Waals surface area contributed by atoms with Crippen molar-refractivity contribution in [3.8, 4) is 11.8 Å². The first-order valence-electron chi connectivity index (χ1n) is 7.32. The summed E-state index contributed by atoms with van der Waals surface area (Å²) < 4.78 is 65.9. The smallest absolute Gasteiger partial charge is 0.382 e. The molecule has 0 spiro atoms. The molecule has 0 radical (unpaired) electrons. The van der Waals surface area contributed by atoms with Crippen LogP contribution in [0.5, 0.6) is 0 Å². The molecule has 7 nitrogen and oxygen atoms in total. The molecule has 0 amide bonds. The van der Waals surface area contributed by atoms with Crippen LogP contribution in [0.25, 0.3) is 5.69 Å². The van der Waals surface area contributed by atoms with Gasteiger partial charge in [-0.05, 0) is 25.0 Å². The second kappa shape index (κ2) is 6.47. The average Bonchev–Trinajstić information content (AvgIpc) is 3.35. The van der Waals surface area contributed by atoms with E-state index in [2.05, 4.69) is 9.82 Å². The van der Waals surface area contributed by atoms with E-state index in [9.17, 15) is 26.9 Å². The first-order valence-corrected chi connectivity index (χ1v) is 9.62. The molecule has 0 saturated heterocycles. The number of benzene rings is 1. The van der Waals surface area contributed by atoms with Crippen LogP contribution in [0.4, 0.5) is 24.7 Å². The minimum Gasteiger partial charge on any atom is -0.382 e. The fraction of sp³-hybridized carbons (Fsp3) is 0.286. The van der Waals surface area contributed by atoms with Gasteiger partial charge in [0.25, 0.3) is 0 Å². The Balaban J connectivity index is 2.13. The molecule has 1 fully saturated rings. The number of nitrogen functional groups attached to an aromatic ring is 1. The molecule has 1 aliphatic carbocycles. The molecule has 1 aromatic heterocycles. The Morgan fingerprint density at radius 3 is 2.30 bits per heavy atom. The van der Waals surface area contributed by atoms with Crippen LogP contribution in [0.3, 0.4) is 0 Å². The summed E-state index contributed by atoms with van der Waals surface area (Å²) in [5.74, 6) is -0.334. The monoisotopic (exact) mass is 439 g/mol. The van der Waals surface area contributed by atoms with Crippen LogP contribution in [-0.4, -0.2) is 23.4 Å². The van der Waals surface area contributed by atoms with Crippen LogP contribution >= 0.6 is 23.2 Å². The molecular formula is C14H10Cl2F3N5O2S. The molecule has 0 atom stereocenters. The molecule has 27 heavy (non-hydrogen) atoms. The van der Waals surface area contributed by atoms with Gasteiger partial charge in [-0.25, -0.2) is 13.1 Å². The van der Waals surface area contributed by atoms with Crippen LogP contribution in [0.1, 0.15) is 24.1 Å². The maximum absolute atomic E-state index is 12.9. The summed E-state index contributed by atoms with van der Waals surface area (Å²) >= 11 is 11.8. The second-order valence-electron chi connectivity index (χ2n) is 5.77. The van der Waals surface area contributed by atoms with Crippen LogP contribution in [0.15, 0.2) is 12.1 Å². The Morgan fingerprint density at radius 2 is 1.85 bits per heavy atom. The maximum atomic E-state index is 12.9. The molecule has 1 aromatic carbocycles. The van der Waals surface area contributed by atoms with Crippen molar-refractivity contribution in [2.75, 3.05) is 10.5 Å².